The zero-order chi connectivity index (χ0) is 22.6. The van der Waals surface area contributed by atoms with Crippen molar-refractivity contribution in [1.29, 1.82) is 0 Å². The van der Waals surface area contributed by atoms with Crippen molar-refractivity contribution in [3.05, 3.63) is 84.2 Å². The van der Waals surface area contributed by atoms with Crippen LogP contribution in [0, 0.1) is 5.82 Å². The monoisotopic (exact) mass is 454 g/mol. The Labute approximate surface area is 186 Å². The van der Waals surface area contributed by atoms with Crippen molar-refractivity contribution in [2.45, 2.75) is 24.2 Å². The molecule has 0 unspecified atom stereocenters. The largest absolute Gasteiger partial charge is 0.457 e. The predicted molar refractivity (Wildman–Crippen MR) is 120 cm³/mol. The SMILES string of the molecule is O=C(Nc1ccc(Oc2ccccc2)cc1)c1ccc(F)c(S(=O)(=O)N2CCCCC2)c1. The first-order valence-corrected chi connectivity index (χ1v) is 11.8. The Morgan fingerprint density at radius 3 is 2.22 bits per heavy atom. The zero-order valence-corrected chi connectivity index (χ0v) is 18.1. The molecule has 0 atom stereocenters. The van der Waals surface area contributed by atoms with Crippen molar-refractivity contribution in [2.24, 2.45) is 0 Å². The third-order valence-corrected chi connectivity index (χ3v) is 7.13. The molecule has 1 fully saturated rings. The molecule has 0 aliphatic carbocycles. The van der Waals surface area contributed by atoms with Gasteiger partial charge in [-0.05, 0) is 67.4 Å². The Bertz CT molecular complexity index is 1190. The Kier molecular flexibility index (Phi) is 6.53. The number of anilines is 1. The molecule has 0 spiro atoms. The molecule has 3 aromatic carbocycles. The van der Waals surface area contributed by atoms with Gasteiger partial charge in [-0.15, -0.1) is 0 Å². The van der Waals surface area contributed by atoms with Gasteiger partial charge in [0.05, 0.1) is 0 Å². The van der Waals surface area contributed by atoms with Crippen molar-refractivity contribution >= 4 is 21.6 Å². The highest BCUT2D eigenvalue weighted by Gasteiger charge is 2.29. The maximum atomic E-state index is 14.4. The van der Waals surface area contributed by atoms with Crippen molar-refractivity contribution in [3.63, 3.8) is 0 Å². The Morgan fingerprint density at radius 2 is 1.53 bits per heavy atom. The Balaban J connectivity index is 1.48. The first-order valence-electron chi connectivity index (χ1n) is 10.4. The summed E-state index contributed by atoms with van der Waals surface area (Å²) >= 11 is 0. The molecule has 1 aliphatic heterocycles. The lowest BCUT2D eigenvalue weighted by Gasteiger charge is -2.26. The van der Waals surface area contributed by atoms with Crippen LogP contribution in [0.5, 0.6) is 11.5 Å². The molecular weight excluding hydrogens is 431 g/mol. The van der Waals surface area contributed by atoms with Gasteiger partial charge >= 0.3 is 0 Å². The number of benzene rings is 3. The van der Waals surface area contributed by atoms with Crippen molar-refractivity contribution in [1.82, 2.24) is 4.31 Å². The molecule has 4 rings (SSSR count). The van der Waals surface area contributed by atoms with Crippen LogP contribution in [0.25, 0.3) is 0 Å². The molecular formula is C24H23FN2O4S. The number of amides is 1. The van der Waals surface area contributed by atoms with E-state index in [4.69, 9.17) is 4.74 Å². The summed E-state index contributed by atoms with van der Waals surface area (Å²) in [6.07, 6.45) is 2.43. The topological polar surface area (TPSA) is 75.7 Å². The summed E-state index contributed by atoms with van der Waals surface area (Å²) in [5, 5.41) is 2.70. The summed E-state index contributed by atoms with van der Waals surface area (Å²) in [5.41, 5.74) is 0.562. The molecule has 32 heavy (non-hydrogen) atoms. The molecule has 1 N–H and O–H groups in total. The molecule has 1 saturated heterocycles. The average Bonchev–Trinajstić information content (AvgIpc) is 2.82. The van der Waals surface area contributed by atoms with Crippen LogP contribution in [0.4, 0.5) is 10.1 Å². The summed E-state index contributed by atoms with van der Waals surface area (Å²) in [5.74, 6) is -0.102. The first kappa shape index (κ1) is 22.0. The first-order chi connectivity index (χ1) is 15.4. The minimum Gasteiger partial charge on any atom is -0.457 e. The fourth-order valence-corrected chi connectivity index (χ4v) is 5.13. The summed E-state index contributed by atoms with van der Waals surface area (Å²) < 4.78 is 47.1. The van der Waals surface area contributed by atoms with Gasteiger partial charge in [-0.25, -0.2) is 12.8 Å². The van der Waals surface area contributed by atoms with E-state index >= 15 is 0 Å². The quantitative estimate of drug-likeness (QED) is 0.566. The van der Waals surface area contributed by atoms with Crippen LogP contribution in [0.3, 0.4) is 0 Å². The highest BCUT2D eigenvalue weighted by Crippen LogP contribution is 2.25. The van der Waals surface area contributed by atoms with Gasteiger partial charge in [0.15, 0.2) is 0 Å². The standard InChI is InChI=1S/C24H23FN2O4S/c25-22-14-9-18(17-23(22)32(29,30)27-15-5-2-6-16-27)24(28)26-19-10-12-21(13-11-19)31-20-7-3-1-4-8-20/h1,3-4,7-14,17H,2,5-6,15-16H2,(H,26,28). The average molecular weight is 455 g/mol. The summed E-state index contributed by atoms with van der Waals surface area (Å²) in [6.45, 7) is 0.713. The lowest BCUT2D eigenvalue weighted by molar-refractivity contribution is 0.102. The number of ether oxygens (including phenoxy) is 1. The van der Waals surface area contributed by atoms with Crippen LogP contribution in [0.1, 0.15) is 29.6 Å². The number of nitrogens with one attached hydrogen (secondary N) is 1. The number of carbonyl (C=O) groups is 1. The van der Waals surface area contributed by atoms with Crippen LogP contribution in [0.2, 0.25) is 0 Å². The highest BCUT2D eigenvalue weighted by atomic mass is 32.2. The van der Waals surface area contributed by atoms with E-state index in [9.17, 15) is 17.6 Å². The van der Waals surface area contributed by atoms with Gasteiger partial charge in [0.25, 0.3) is 5.91 Å². The number of hydrogen-bond acceptors (Lipinski definition) is 4. The maximum Gasteiger partial charge on any atom is 0.255 e. The van der Waals surface area contributed by atoms with E-state index in [1.165, 1.54) is 10.4 Å². The third-order valence-electron chi connectivity index (χ3n) is 5.22. The van der Waals surface area contributed by atoms with Gasteiger partial charge in [0.2, 0.25) is 10.0 Å². The smallest absolute Gasteiger partial charge is 0.255 e. The van der Waals surface area contributed by atoms with Gasteiger partial charge in [0, 0.05) is 24.3 Å². The van der Waals surface area contributed by atoms with Crippen molar-refractivity contribution < 1.29 is 22.3 Å². The predicted octanol–water partition coefficient (Wildman–Crippen LogP) is 5.04. The van der Waals surface area contributed by atoms with E-state index in [-0.39, 0.29) is 5.56 Å². The van der Waals surface area contributed by atoms with Crippen LogP contribution in [0.15, 0.2) is 77.7 Å². The Morgan fingerprint density at radius 1 is 0.875 bits per heavy atom. The molecule has 6 nitrogen and oxygen atoms in total. The van der Waals surface area contributed by atoms with E-state index in [1.807, 2.05) is 30.3 Å². The number of hydrogen-bond donors (Lipinski definition) is 1. The van der Waals surface area contributed by atoms with Gasteiger partial charge < -0.3 is 10.1 Å². The molecule has 0 aromatic heterocycles. The van der Waals surface area contributed by atoms with Crippen LogP contribution in [-0.4, -0.2) is 31.7 Å². The maximum absolute atomic E-state index is 14.4. The lowest BCUT2D eigenvalue weighted by Crippen LogP contribution is -2.36. The summed E-state index contributed by atoms with van der Waals surface area (Å²) in [6, 6.07) is 19.4. The number of halogens is 1. The normalized spacial score (nSPS) is 14.7. The fourth-order valence-electron chi connectivity index (χ4n) is 3.52. The zero-order valence-electron chi connectivity index (χ0n) is 17.3. The lowest BCUT2D eigenvalue weighted by atomic mass is 10.2. The molecule has 3 aromatic rings. The minimum atomic E-state index is -4.00. The van der Waals surface area contributed by atoms with E-state index in [2.05, 4.69) is 5.32 Å². The van der Waals surface area contributed by atoms with Gasteiger partial charge in [0.1, 0.15) is 22.2 Å². The molecule has 0 radical (unpaired) electrons. The van der Waals surface area contributed by atoms with E-state index in [1.54, 1.807) is 24.3 Å². The number of sulfonamides is 1. The highest BCUT2D eigenvalue weighted by molar-refractivity contribution is 7.89. The molecule has 8 heteroatoms. The second-order valence-electron chi connectivity index (χ2n) is 7.50. The van der Waals surface area contributed by atoms with E-state index in [0.717, 1.165) is 31.4 Å². The number of rotatable bonds is 6. The number of para-hydroxylation sites is 1. The minimum absolute atomic E-state index is 0.0617. The third kappa shape index (κ3) is 4.98. The van der Waals surface area contributed by atoms with Crippen LogP contribution in [-0.2, 0) is 10.0 Å². The Hall–Kier alpha value is -3.23. The second kappa shape index (κ2) is 9.50. The summed E-state index contributed by atoms with van der Waals surface area (Å²) in [4.78, 5) is 12.2. The fraction of sp³-hybridized carbons (Fsp3) is 0.208. The van der Waals surface area contributed by atoms with Gasteiger partial charge in [-0.2, -0.15) is 4.31 Å². The summed E-state index contributed by atoms with van der Waals surface area (Å²) in [7, 11) is -4.00. The number of carbonyl (C=O) groups excluding carboxylic acids is 1. The van der Waals surface area contributed by atoms with E-state index in [0.29, 0.717) is 30.3 Å². The number of piperidine rings is 1. The van der Waals surface area contributed by atoms with Crippen molar-refractivity contribution in [3.8, 4) is 11.5 Å². The molecule has 1 amide bonds. The number of nitrogens with zero attached hydrogens (tertiary/aromatic N) is 1. The molecule has 1 heterocycles. The second-order valence-corrected chi connectivity index (χ2v) is 9.41. The molecule has 0 bridgehead atoms. The van der Waals surface area contributed by atoms with Gasteiger partial charge in [-0.1, -0.05) is 24.6 Å². The van der Waals surface area contributed by atoms with Crippen LogP contribution < -0.4 is 10.1 Å². The van der Waals surface area contributed by atoms with Gasteiger partial charge in [-0.3, -0.25) is 4.79 Å². The molecule has 0 saturated carbocycles. The van der Waals surface area contributed by atoms with Crippen molar-refractivity contribution in [2.75, 3.05) is 18.4 Å². The molecule has 1 aliphatic rings. The van der Waals surface area contributed by atoms with E-state index < -0.39 is 26.6 Å². The van der Waals surface area contributed by atoms with Crippen LogP contribution >= 0.6 is 0 Å². The molecule has 166 valence electrons.